The lowest BCUT2D eigenvalue weighted by Crippen LogP contribution is -2.41. The summed E-state index contributed by atoms with van der Waals surface area (Å²) in [4.78, 5) is 11.7. The van der Waals surface area contributed by atoms with Gasteiger partial charge >= 0.3 is 0 Å². The van der Waals surface area contributed by atoms with Crippen molar-refractivity contribution >= 4 is 5.91 Å². The fraction of sp³-hybridized carbons (Fsp3) is 0.500. The zero-order valence-corrected chi connectivity index (χ0v) is 11.0. The van der Waals surface area contributed by atoms with Gasteiger partial charge in [-0.2, -0.15) is 0 Å². The van der Waals surface area contributed by atoms with Crippen molar-refractivity contribution in [2.75, 3.05) is 6.61 Å². The number of nitrogens with one attached hydrogen (secondary N) is 1. The van der Waals surface area contributed by atoms with Crippen molar-refractivity contribution in [3.8, 4) is 5.75 Å². The molecule has 0 unspecified atom stereocenters. The van der Waals surface area contributed by atoms with E-state index in [4.69, 9.17) is 4.74 Å². The second kappa shape index (κ2) is 5.71. The average molecular weight is 235 g/mol. The summed E-state index contributed by atoms with van der Waals surface area (Å²) in [5.41, 5.74) is 0.817. The van der Waals surface area contributed by atoms with E-state index in [-0.39, 0.29) is 11.4 Å². The summed E-state index contributed by atoms with van der Waals surface area (Å²) >= 11 is 0. The number of amides is 1. The minimum atomic E-state index is -0.178. The van der Waals surface area contributed by atoms with Gasteiger partial charge in [0, 0.05) is 5.54 Å². The molecular formula is C14H21NO2. The molecule has 1 aromatic carbocycles. The summed E-state index contributed by atoms with van der Waals surface area (Å²) in [6.45, 7) is 8.53. The molecule has 0 radical (unpaired) electrons. The molecule has 17 heavy (non-hydrogen) atoms. The number of carbonyl (C=O) groups excluding carboxylic acids is 1. The zero-order chi connectivity index (χ0) is 12.9. The summed E-state index contributed by atoms with van der Waals surface area (Å²) in [6, 6.07) is 7.63. The second-order valence-corrected chi connectivity index (χ2v) is 5.05. The Morgan fingerprint density at radius 3 is 2.29 bits per heavy atom. The van der Waals surface area contributed by atoms with Gasteiger partial charge in [0.1, 0.15) is 5.75 Å². The Bertz CT molecular complexity index is 363. The van der Waals surface area contributed by atoms with Gasteiger partial charge in [0.15, 0.2) is 0 Å². The highest BCUT2D eigenvalue weighted by molar-refractivity contribution is 5.79. The topological polar surface area (TPSA) is 38.3 Å². The zero-order valence-electron chi connectivity index (χ0n) is 11.0. The van der Waals surface area contributed by atoms with E-state index in [1.807, 2.05) is 52.0 Å². The van der Waals surface area contributed by atoms with Gasteiger partial charge in [-0.05, 0) is 45.4 Å². The van der Waals surface area contributed by atoms with Crippen LogP contribution in [-0.4, -0.2) is 18.1 Å². The summed E-state index contributed by atoms with van der Waals surface area (Å²) in [5, 5.41) is 2.94. The molecule has 3 nitrogen and oxygen atoms in total. The number of benzene rings is 1. The third-order valence-electron chi connectivity index (χ3n) is 2.11. The number of ether oxygens (including phenoxy) is 1. The molecule has 0 atom stereocenters. The van der Waals surface area contributed by atoms with Crippen LogP contribution in [0.25, 0.3) is 0 Å². The van der Waals surface area contributed by atoms with Gasteiger partial charge in [-0.3, -0.25) is 4.79 Å². The molecule has 0 aromatic heterocycles. The van der Waals surface area contributed by atoms with E-state index in [0.717, 1.165) is 11.3 Å². The highest BCUT2D eigenvalue weighted by Gasteiger charge is 2.13. The van der Waals surface area contributed by atoms with Crippen LogP contribution < -0.4 is 10.1 Å². The highest BCUT2D eigenvalue weighted by atomic mass is 16.5. The lowest BCUT2D eigenvalue weighted by Gasteiger charge is -2.20. The Kier molecular flexibility index (Phi) is 4.55. The minimum Gasteiger partial charge on any atom is -0.494 e. The Morgan fingerprint density at radius 2 is 1.82 bits per heavy atom. The average Bonchev–Trinajstić information content (AvgIpc) is 2.18. The number of hydrogen-bond donors (Lipinski definition) is 1. The number of rotatable bonds is 4. The largest absolute Gasteiger partial charge is 0.494 e. The van der Waals surface area contributed by atoms with Crippen LogP contribution in [0.5, 0.6) is 5.75 Å². The van der Waals surface area contributed by atoms with Crippen molar-refractivity contribution in [1.82, 2.24) is 5.32 Å². The summed E-state index contributed by atoms with van der Waals surface area (Å²) in [7, 11) is 0. The molecule has 1 amide bonds. The molecule has 0 aliphatic carbocycles. The number of carbonyl (C=O) groups is 1. The highest BCUT2D eigenvalue weighted by Crippen LogP contribution is 2.12. The van der Waals surface area contributed by atoms with Gasteiger partial charge < -0.3 is 10.1 Å². The molecule has 0 heterocycles. The molecule has 1 rings (SSSR count). The maximum absolute atomic E-state index is 11.7. The van der Waals surface area contributed by atoms with Gasteiger partial charge in [0.2, 0.25) is 5.91 Å². The van der Waals surface area contributed by atoms with Gasteiger partial charge in [0.05, 0.1) is 13.0 Å². The molecule has 94 valence electrons. The van der Waals surface area contributed by atoms with E-state index in [1.165, 1.54) is 0 Å². The minimum absolute atomic E-state index is 0.0432. The van der Waals surface area contributed by atoms with E-state index in [1.54, 1.807) is 0 Å². The molecule has 0 bridgehead atoms. The maximum atomic E-state index is 11.7. The normalized spacial score (nSPS) is 11.1. The number of hydrogen-bond acceptors (Lipinski definition) is 2. The molecule has 0 saturated heterocycles. The molecule has 0 aliphatic heterocycles. The molecular weight excluding hydrogens is 214 g/mol. The van der Waals surface area contributed by atoms with Crippen LogP contribution in [0.4, 0.5) is 0 Å². The summed E-state index contributed by atoms with van der Waals surface area (Å²) in [5.74, 6) is 0.883. The Hall–Kier alpha value is -1.51. The first-order valence-corrected chi connectivity index (χ1v) is 5.93. The third-order valence-corrected chi connectivity index (χ3v) is 2.11. The van der Waals surface area contributed by atoms with Crippen molar-refractivity contribution in [2.24, 2.45) is 0 Å². The Morgan fingerprint density at radius 1 is 1.24 bits per heavy atom. The second-order valence-electron chi connectivity index (χ2n) is 5.05. The van der Waals surface area contributed by atoms with E-state index >= 15 is 0 Å². The van der Waals surface area contributed by atoms with Crippen LogP contribution in [0.1, 0.15) is 33.3 Å². The fourth-order valence-electron chi connectivity index (χ4n) is 1.52. The molecule has 0 aliphatic rings. The molecule has 0 saturated carbocycles. The van der Waals surface area contributed by atoms with Crippen LogP contribution in [0.2, 0.25) is 0 Å². The van der Waals surface area contributed by atoms with E-state index in [0.29, 0.717) is 13.0 Å². The van der Waals surface area contributed by atoms with Crippen molar-refractivity contribution in [3.05, 3.63) is 29.8 Å². The van der Waals surface area contributed by atoms with Crippen LogP contribution >= 0.6 is 0 Å². The Labute approximate surface area is 103 Å². The van der Waals surface area contributed by atoms with Gasteiger partial charge in [0.25, 0.3) is 0 Å². The molecule has 1 aromatic rings. The quantitative estimate of drug-likeness (QED) is 0.871. The van der Waals surface area contributed by atoms with Crippen molar-refractivity contribution in [1.29, 1.82) is 0 Å². The van der Waals surface area contributed by atoms with Crippen molar-refractivity contribution in [2.45, 2.75) is 39.7 Å². The molecule has 3 heteroatoms. The lowest BCUT2D eigenvalue weighted by molar-refractivity contribution is -0.121. The van der Waals surface area contributed by atoms with E-state index < -0.39 is 0 Å². The van der Waals surface area contributed by atoms with Gasteiger partial charge in [-0.1, -0.05) is 12.1 Å². The van der Waals surface area contributed by atoms with Crippen LogP contribution in [0, 0.1) is 0 Å². The molecule has 1 N–H and O–H groups in total. The third kappa shape index (κ3) is 5.38. The predicted octanol–water partition coefficient (Wildman–Crippen LogP) is 2.54. The van der Waals surface area contributed by atoms with Gasteiger partial charge in [-0.15, -0.1) is 0 Å². The first kappa shape index (κ1) is 13.6. The first-order valence-electron chi connectivity index (χ1n) is 5.93. The predicted molar refractivity (Wildman–Crippen MR) is 69.2 cm³/mol. The van der Waals surface area contributed by atoms with Crippen LogP contribution in [0.15, 0.2) is 24.3 Å². The standard InChI is InChI=1S/C14H21NO2/c1-5-17-12-8-6-11(7-9-12)10-13(16)15-14(2,3)4/h6-9H,5,10H2,1-4H3,(H,15,16). The summed E-state index contributed by atoms with van der Waals surface area (Å²) < 4.78 is 5.35. The lowest BCUT2D eigenvalue weighted by atomic mass is 10.1. The van der Waals surface area contributed by atoms with Gasteiger partial charge in [-0.25, -0.2) is 0 Å². The smallest absolute Gasteiger partial charge is 0.224 e. The SMILES string of the molecule is CCOc1ccc(CC(=O)NC(C)(C)C)cc1. The molecule has 0 fully saturated rings. The van der Waals surface area contributed by atoms with E-state index in [2.05, 4.69) is 5.32 Å². The fourth-order valence-corrected chi connectivity index (χ4v) is 1.52. The Balaban J connectivity index is 2.54. The van der Waals surface area contributed by atoms with E-state index in [9.17, 15) is 4.79 Å². The van der Waals surface area contributed by atoms with Crippen molar-refractivity contribution in [3.63, 3.8) is 0 Å². The summed E-state index contributed by atoms with van der Waals surface area (Å²) in [6.07, 6.45) is 0.406. The van der Waals surface area contributed by atoms with Crippen molar-refractivity contribution < 1.29 is 9.53 Å². The monoisotopic (exact) mass is 235 g/mol. The van der Waals surface area contributed by atoms with Crippen LogP contribution in [0.3, 0.4) is 0 Å². The van der Waals surface area contributed by atoms with Crippen LogP contribution in [-0.2, 0) is 11.2 Å². The molecule has 0 spiro atoms. The first-order chi connectivity index (χ1) is 7.90. The maximum Gasteiger partial charge on any atom is 0.224 e.